The minimum absolute atomic E-state index is 0.160. The summed E-state index contributed by atoms with van der Waals surface area (Å²) in [5.41, 5.74) is -0.703. The van der Waals surface area contributed by atoms with E-state index in [0.29, 0.717) is 11.6 Å². The van der Waals surface area contributed by atoms with E-state index in [9.17, 15) is 26.4 Å². The van der Waals surface area contributed by atoms with Gasteiger partial charge in [-0.05, 0) is 23.8 Å². The molecular formula is C19H20ClF3N2O4S. The second-order valence-electron chi connectivity index (χ2n) is 6.24. The molecular weight excluding hydrogens is 445 g/mol. The lowest BCUT2D eigenvalue weighted by molar-refractivity contribution is -0.137. The van der Waals surface area contributed by atoms with E-state index < -0.39 is 44.1 Å². The first-order valence-electron chi connectivity index (χ1n) is 8.72. The highest BCUT2D eigenvalue weighted by molar-refractivity contribution is 7.89. The van der Waals surface area contributed by atoms with E-state index in [0.717, 1.165) is 16.4 Å². The minimum atomic E-state index is -4.83. The summed E-state index contributed by atoms with van der Waals surface area (Å²) in [4.78, 5) is 11.6. The quantitative estimate of drug-likeness (QED) is 0.578. The lowest BCUT2D eigenvalue weighted by Crippen LogP contribution is -2.41. The lowest BCUT2D eigenvalue weighted by atomic mass is 10.2. The van der Waals surface area contributed by atoms with E-state index in [4.69, 9.17) is 16.3 Å². The van der Waals surface area contributed by atoms with Crippen LogP contribution in [0.25, 0.3) is 0 Å². The maximum absolute atomic E-state index is 13.2. The molecule has 0 atom stereocenters. The van der Waals surface area contributed by atoms with Gasteiger partial charge in [0.2, 0.25) is 15.9 Å². The monoisotopic (exact) mass is 464 g/mol. The minimum Gasteiger partial charge on any atom is -0.383 e. The van der Waals surface area contributed by atoms with Crippen LogP contribution in [-0.4, -0.2) is 45.4 Å². The number of methoxy groups -OCH3 is 1. The van der Waals surface area contributed by atoms with Crippen molar-refractivity contribution < 1.29 is 31.1 Å². The zero-order valence-electron chi connectivity index (χ0n) is 15.9. The smallest absolute Gasteiger partial charge is 0.383 e. The molecule has 0 fully saturated rings. The number of alkyl halides is 3. The van der Waals surface area contributed by atoms with Gasteiger partial charge in [0.05, 0.1) is 28.6 Å². The number of carbonyl (C=O) groups excluding carboxylic acids is 1. The van der Waals surface area contributed by atoms with Crippen LogP contribution in [0, 0.1) is 0 Å². The van der Waals surface area contributed by atoms with E-state index in [1.54, 1.807) is 30.3 Å². The molecule has 0 unspecified atom stereocenters. The summed E-state index contributed by atoms with van der Waals surface area (Å²) in [6, 6.07) is 10.7. The molecule has 0 aliphatic heterocycles. The SMILES string of the molecule is COCCNC(=O)CN(Cc1ccccc1)S(=O)(=O)c1ccc(Cl)c(C(F)(F)F)c1. The van der Waals surface area contributed by atoms with Gasteiger partial charge in [-0.1, -0.05) is 41.9 Å². The third kappa shape index (κ3) is 6.43. The highest BCUT2D eigenvalue weighted by Crippen LogP contribution is 2.36. The van der Waals surface area contributed by atoms with Crippen LogP contribution in [0.4, 0.5) is 13.2 Å². The van der Waals surface area contributed by atoms with Crippen LogP contribution in [0.3, 0.4) is 0 Å². The summed E-state index contributed by atoms with van der Waals surface area (Å²) in [6.45, 7) is -0.396. The molecule has 0 saturated carbocycles. The highest BCUT2D eigenvalue weighted by Gasteiger charge is 2.36. The topological polar surface area (TPSA) is 75.7 Å². The number of carbonyl (C=O) groups is 1. The maximum Gasteiger partial charge on any atom is 0.417 e. The predicted octanol–water partition coefficient (Wildman–Crippen LogP) is 3.31. The third-order valence-electron chi connectivity index (χ3n) is 4.03. The van der Waals surface area contributed by atoms with Crippen LogP contribution in [0.15, 0.2) is 53.4 Å². The third-order valence-corrected chi connectivity index (χ3v) is 6.15. The van der Waals surface area contributed by atoms with Gasteiger partial charge in [-0.3, -0.25) is 4.79 Å². The van der Waals surface area contributed by atoms with Crippen molar-refractivity contribution in [1.82, 2.24) is 9.62 Å². The van der Waals surface area contributed by atoms with E-state index >= 15 is 0 Å². The Labute approximate surface area is 177 Å². The van der Waals surface area contributed by atoms with Gasteiger partial charge < -0.3 is 10.1 Å². The van der Waals surface area contributed by atoms with Gasteiger partial charge in [0.25, 0.3) is 0 Å². The van der Waals surface area contributed by atoms with Gasteiger partial charge in [0, 0.05) is 20.2 Å². The number of halogens is 4. The molecule has 0 heterocycles. The largest absolute Gasteiger partial charge is 0.417 e. The van der Waals surface area contributed by atoms with Gasteiger partial charge in [0.1, 0.15) is 0 Å². The zero-order chi connectivity index (χ0) is 22.4. The number of sulfonamides is 1. The average molecular weight is 465 g/mol. The molecule has 0 aliphatic carbocycles. The Kier molecular flexibility index (Phi) is 8.25. The molecule has 0 spiro atoms. The Morgan fingerprint density at radius 3 is 2.43 bits per heavy atom. The first-order valence-corrected chi connectivity index (χ1v) is 10.5. The molecule has 0 saturated heterocycles. The zero-order valence-corrected chi connectivity index (χ0v) is 17.5. The van der Waals surface area contributed by atoms with E-state index in [2.05, 4.69) is 5.32 Å². The number of rotatable bonds is 9. The molecule has 11 heteroatoms. The maximum atomic E-state index is 13.2. The van der Waals surface area contributed by atoms with Crippen LogP contribution in [0.2, 0.25) is 5.02 Å². The van der Waals surface area contributed by atoms with Crippen LogP contribution >= 0.6 is 11.6 Å². The van der Waals surface area contributed by atoms with Crippen molar-refractivity contribution in [3.63, 3.8) is 0 Å². The van der Waals surface area contributed by atoms with Gasteiger partial charge >= 0.3 is 6.18 Å². The summed E-state index contributed by atoms with van der Waals surface area (Å²) in [7, 11) is -3.00. The molecule has 2 aromatic carbocycles. The number of nitrogens with one attached hydrogen (secondary N) is 1. The summed E-state index contributed by atoms with van der Waals surface area (Å²) >= 11 is 5.59. The van der Waals surface area contributed by atoms with Gasteiger partial charge in [-0.2, -0.15) is 17.5 Å². The number of benzene rings is 2. The van der Waals surface area contributed by atoms with Crippen LogP contribution in [-0.2, 0) is 32.3 Å². The van der Waals surface area contributed by atoms with Crippen molar-refractivity contribution in [3.05, 3.63) is 64.7 Å². The second kappa shape index (κ2) is 10.3. The Morgan fingerprint density at radius 2 is 1.83 bits per heavy atom. The predicted molar refractivity (Wildman–Crippen MR) is 105 cm³/mol. The normalized spacial score (nSPS) is 12.2. The fourth-order valence-corrected chi connectivity index (χ4v) is 4.19. The van der Waals surface area contributed by atoms with Gasteiger partial charge in [-0.25, -0.2) is 8.42 Å². The molecule has 30 heavy (non-hydrogen) atoms. The molecule has 0 aromatic heterocycles. The summed E-state index contributed by atoms with van der Waals surface area (Å²) in [5, 5.41) is 1.88. The molecule has 6 nitrogen and oxygen atoms in total. The van der Waals surface area contributed by atoms with Crippen LogP contribution in [0.1, 0.15) is 11.1 Å². The van der Waals surface area contributed by atoms with Crippen molar-refractivity contribution in [1.29, 1.82) is 0 Å². The van der Waals surface area contributed by atoms with Crippen molar-refractivity contribution in [2.45, 2.75) is 17.6 Å². The van der Waals surface area contributed by atoms with Crippen molar-refractivity contribution >= 4 is 27.5 Å². The Hall–Kier alpha value is -2.14. The van der Waals surface area contributed by atoms with E-state index in [1.165, 1.54) is 7.11 Å². The Bertz CT molecular complexity index is 969. The summed E-state index contributed by atoms with van der Waals surface area (Å²) in [6.07, 6.45) is -4.83. The standard InChI is InChI=1S/C19H20ClF3N2O4S/c1-29-10-9-24-18(26)13-25(12-14-5-3-2-4-6-14)30(27,28)15-7-8-17(20)16(11-15)19(21,22)23/h2-8,11H,9-10,12-13H2,1H3,(H,24,26). The molecule has 2 rings (SSSR count). The highest BCUT2D eigenvalue weighted by atomic mass is 35.5. The number of amides is 1. The van der Waals surface area contributed by atoms with Crippen molar-refractivity contribution in [3.8, 4) is 0 Å². The molecule has 1 N–H and O–H groups in total. The van der Waals surface area contributed by atoms with Crippen LogP contribution < -0.4 is 5.32 Å². The number of nitrogens with zero attached hydrogens (tertiary/aromatic N) is 1. The van der Waals surface area contributed by atoms with Crippen molar-refractivity contribution in [2.24, 2.45) is 0 Å². The first kappa shape index (κ1) is 24.1. The average Bonchev–Trinajstić information content (AvgIpc) is 2.67. The Balaban J connectivity index is 2.39. The summed E-state index contributed by atoms with van der Waals surface area (Å²) < 4.78 is 71.4. The summed E-state index contributed by atoms with van der Waals surface area (Å²) in [5.74, 6) is -0.614. The second-order valence-corrected chi connectivity index (χ2v) is 8.59. The molecule has 164 valence electrons. The number of ether oxygens (including phenoxy) is 1. The lowest BCUT2D eigenvalue weighted by Gasteiger charge is -2.22. The van der Waals surface area contributed by atoms with Crippen molar-refractivity contribution in [2.75, 3.05) is 26.8 Å². The number of hydrogen-bond donors (Lipinski definition) is 1. The van der Waals surface area contributed by atoms with Gasteiger partial charge in [-0.15, -0.1) is 0 Å². The number of hydrogen-bond acceptors (Lipinski definition) is 4. The molecule has 0 bridgehead atoms. The first-order chi connectivity index (χ1) is 14.1. The molecule has 1 amide bonds. The fourth-order valence-electron chi connectivity index (χ4n) is 2.55. The van der Waals surface area contributed by atoms with E-state index in [-0.39, 0.29) is 19.7 Å². The van der Waals surface area contributed by atoms with Crippen LogP contribution in [0.5, 0.6) is 0 Å². The molecule has 0 aliphatic rings. The molecule has 0 radical (unpaired) electrons. The van der Waals surface area contributed by atoms with Gasteiger partial charge in [0.15, 0.2) is 0 Å². The fraction of sp³-hybridized carbons (Fsp3) is 0.316. The Morgan fingerprint density at radius 1 is 1.17 bits per heavy atom. The van der Waals surface area contributed by atoms with E-state index in [1.807, 2.05) is 0 Å². The molecule has 2 aromatic rings.